The highest BCUT2D eigenvalue weighted by Gasteiger charge is 2.41. The fourth-order valence-corrected chi connectivity index (χ4v) is 2.43. The smallest absolute Gasteiger partial charge is 0.329 e. The Bertz CT molecular complexity index is 568. The van der Waals surface area contributed by atoms with Crippen molar-refractivity contribution >= 4 is 11.9 Å². The maximum absolute atomic E-state index is 12.4. The van der Waals surface area contributed by atoms with E-state index in [1.54, 1.807) is 24.3 Å². The summed E-state index contributed by atoms with van der Waals surface area (Å²) in [6.07, 6.45) is 0.526. The van der Waals surface area contributed by atoms with Gasteiger partial charge >= 0.3 is 5.97 Å². The third kappa shape index (κ3) is 4.45. The monoisotopic (exact) mass is 321 g/mol. The van der Waals surface area contributed by atoms with Crippen molar-refractivity contribution in [1.82, 2.24) is 5.32 Å². The normalized spacial score (nSPS) is 17.3. The molecule has 1 aliphatic rings. The molecule has 0 unspecified atom stereocenters. The van der Waals surface area contributed by atoms with E-state index in [1.807, 2.05) is 20.8 Å². The molecule has 0 saturated carbocycles. The lowest BCUT2D eigenvalue weighted by atomic mass is 9.89. The van der Waals surface area contributed by atoms with E-state index < -0.39 is 17.4 Å². The highest BCUT2D eigenvalue weighted by molar-refractivity contribution is 5.98. The number of carboxylic acids is 1. The number of hydrogen-bond donors (Lipinski definition) is 2. The maximum atomic E-state index is 12.4. The van der Waals surface area contributed by atoms with Crippen LogP contribution < -0.4 is 10.1 Å². The van der Waals surface area contributed by atoms with Crippen LogP contribution in [0, 0.1) is 0 Å². The van der Waals surface area contributed by atoms with E-state index in [4.69, 9.17) is 9.47 Å². The van der Waals surface area contributed by atoms with Crippen LogP contribution in [0.4, 0.5) is 0 Å². The van der Waals surface area contributed by atoms with E-state index >= 15 is 0 Å². The molecule has 23 heavy (non-hydrogen) atoms. The van der Waals surface area contributed by atoms with Crippen LogP contribution in [-0.2, 0) is 9.53 Å². The lowest BCUT2D eigenvalue weighted by Crippen LogP contribution is -2.57. The topological polar surface area (TPSA) is 84.9 Å². The summed E-state index contributed by atoms with van der Waals surface area (Å²) in [6.45, 7) is 6.47. The fraction of sp³-hybridized carbons (Fsp3) is 0.529. The lowest BCUT2D eigenvalue weighted by Gasteiger charge is -2.33. The maximum Gasteiger partial charge on any atom is 0.329 e. The number of carbonyl (C=O) groups is 2. The largest absolute Gasteiger partial charge is 0.488 e. The van der Waals surface area contributed by atoms with Crippen molar-refractivity contribution in [3.63, 3.8) is 0 Å². The zero-order valence-electron chi connectivity index (χ0n) is 13.7. The minimum Gasteiger partial charge on any atom is -0.488 e. The van der Waals surface area contributed by atoms with Crippen molar-refractivity contribution in [3.8, 4) is 5.75 Å². The number of rotatable bonds is 4. The Balaban J connectivity index is 2.09. The molecule has 0 spiro atoms. The summed E-state index contributed by atoms with van der Waals surface area (Å²) in [7, 11) is 0. The molecule has 0 radical (unpaired) electrons. The average molecular weight is 321 g/mol. The predicted octanol–water partition coefficient (Wildman–Crippen LogP) is 2.23. The molecule has 0 bridgehead atoms. The van der Waals surface area contributed by atoms with Crippen molar-refractivity contribution in [2.45, 2.75) is 44.8 Å². The van der Waals surface area contributed by atoms with Gasteiger partial charge in [-0.05, 0) is 45.0 Å². The first-order valence-corrected chi connectivity index (χ1v) is 7.65. The van der Waals surface area contributed by atoms with E-state index in [9.17, 15) is 14.7 Å². The van der Waals surface area contributed by atoms with E-state index in [1.165, 1.54) is 0 Å². The van der Waals surface area contributed by atoms with Gasteiger partial charge in [0.2, 0.25) is 0 Å². The fourth-order valence-electron chi connectivity index (χ4n) is 2.43. The third-order valence-electron chi connectivity index (χ3n) is 3.65. The van der Waals surface area contributed by atoms with Crippen LogP contribution in [0.15, 0.2) is 24.3 Å². The summed E-state index contributed by atoms with van der Waals surface area (Å²) in [4.78, 5) is 23.9. The molecule has 1 amide bonds. The van der Waals surface area contributed by atoms with Gasteiger partial charge in [0.1, 0.15) is 16.9 Å². The molecule has 126 valence electrons. The molecule has 0 atom stereocenters. The number of carboxylic acid groups (broad SMARTS) is 1. The number of amides is 1. The first-order valence-electron chi connectivity index (χ1n) is 7.65. The van der Waals surface area contributed by atoms with Crippen LogP contribution in [0.3, 0.4) is 0 Å². The number of hydrogen-bond acceptors (Lipinski definition) is 4. The summed E-state index contributed by atoms with van der Waals surface area (Å²) in [5.41, 5.74) is -1.17. The molecule has 0 aromatic heterocycles. The van der Waals surface area contributed by atoms with Crippen LogP contribution in [0.5, 0.6) is 5.75 Å². The minimum atomic E-state index is -1.25. The van der Waals surface area contributed by atoms with Crippen molar-refractivity contribution in [2.75, 3.05) is 13.2 Å². The van der Waals surface area contributed by atoms with Gasteiger partial charge in [-0.25, -0.2) is 4.79 Å². The summed E-state index contributed by atoms with van der Waals surface area (Å²) in [5.74, 6) is -0.772. The Labute approximate surface area is 135 Å². The highest BCUT2D eigenvalue weighted by atomic mass is 16.5. The molecule has 0 aliphatic carbocycles. The van der Waals surface area contributed by atoms with E-state index in [0.717, 1.165) is 0 Å². The SMILES string of the molecule is CC(C)(C)Oc1ccc(C(=O)NC2(C(=O)O)CCOCC2)cc1. The number of benzene rings is 1. The Kier molecular flexibility index (Phi) is 4.94. The molecule has 1 aromatic carbocycles. The van der Waals surface area contributed by atoms with E-state index in [-0.39, 0.29) is 18.4 Å². The van der Waals surface area contributed by atoms with Crippen LogP contribution in [0.25, 0.3) is 0 Å². The van der Waals surface area contributed by atoms with Crippen LogP contribution in [-0.4, -0.2) is 41.3 Å². The molecule has 6 nitrogen and oxygen atoms in total. The minimum absolute atomic E-state index is 0.263. The quantitative estimate of drug-likeness (QED) is 0.888. The zero-order chi connectivity index (χ0) is 17.1. The van der Waals surface area contributed by atoms with Gasteiger partial charge in [-0.1, -0.05) is 0 Å². The second-order valence-corrected chi connectivity index (χ2v) is 6.69. The molecular formula is C17H23NO5. The van der Waals surface area contributed by atoms with Crippen molar-refractivity contribution in [1.29, 1.82) is 0 Å². The van der Waals surface area contributed by atoms with Gasteiger partial charge in [0.15, 0.2) is 0 Å². The molecule has 1 heterocycles. The van der Waals surface area contributed by atoms with Crippen LogP contribution in [0.2, 0.25) is 0 Å². The van der Waals surface area contributed by atoms with Gasteiger partial charge in [-0.2, -0.15) is 0 Å². The molecule has 1 fully saturated rings. The van der Waals surface area contributed by atoms with Gasteiger partial charge < -0.3 is 19.9 Å². The third-order valence-corrected chi connectivity index (χ3v) is 3.65. The van der Waals surface area contributed by atoms with Crippen molar-refractivity contribution < 1.29 is 24.2 Å². The Morgan fingerprint density at radius 2 is 1.74 bits per heavy atom. The van der Waals surface area contributed by atoms with Gasteiger partial charge in [-0.15, -0.1) is 0 Å². The van der Waals surface area contributed by atoms with Crippen LogP contribution in [0.1, 0.15) is 44.0 Å². The Morgan fingerprint density at radius 1 is 1.17 bits per heavy atom. The average Bonchev–Trinajstić information content (AvgIpc) is 2.47. The molecule has 2 rings (SSSR count). The standard InChI is InChI=1S/C17H23NO5/c1-16(2,3)23-13-6-4-12(5-7-13)14(19)18-17(15(20)21)8-10-22-11-9-17/h4-7H,8-11H2,1-3H3,(H,18,19)(H,20,21). The number of ether oxygens (including phenoxy) is 2. The molecule has 2 N–H and O–H groups in total. The molecule has 1 aromatic rings. The Morgan fingerprint density at radius 3 is 2.22 bits per heavy atom. The number of carbonyl (C=O) groups excluding carboxylic acids is 1. The van der Waals surface area contributed by atoms with Crippen molar-refractivity contribution in [2.24, 2.45) is 0 Å². The first-order chi connectivity index (χ1) is 10.7. The van der Waals surface area contributed by atoms with Crippen LogP contribution >= 0.6 is 0 Å². The molecule has 1 saturated heterocycles. The second kappa shape index (κ2) is 6.58. The molecule has 6 heteroatoms. The van der Waals surface area contributed by atoms with Crippen molar-refractivity contribution in [3.05, 3.63) is 29.8 Å². The lowest BCUT2D eigenvalue weighted by molar-refractivity contribution is -0.148. The van der Waals surface area contributed by atoms with Gasteiger partial charge in [-0.3, -0.25) is 4.79 Å². The van der Waals surface area contributed by atoms with E-state index in [2.05, 4.69) is 5.32 Å². The number of aliphatic carboxylic acids is 1. The zero-order valence-corrected chi connectivity index (χ0v) is 13.7. The highest BCUT2D eigenvalue weighted by Crippen LogP contribution is 2.23. The van der Waals surface area contributed by atoms with Gasteiger partial charge in [0, 0.05) is 31.6 Å². The Hall–Kier alpha value is -2.08. The summed E-state index contributed by atoms with van der Waals surface area (Å²) >= 11 is 0. The summed E-state index contributed by atoms with van der Waals surface area (Å²) in [6, 6.07) is 6.67. The summed E-state index contributed by atoms with van der Waals surface area (Å²) in [5, 5.41) is 12.1. The predicted molar refractivity (Wildman–Crippen MR) is 84.7 cm³/mol. The van der Waals surface area contributed by atoms with E-state index in [0.29, 0.717) is 24.5 Å². The first kappa shape index (κ1) is 17.3. The second-order valence-electron chi connectivity index (χ2n) is 6.69. The van der Waals surface area contributed by atoms with Gasteiger partial charge in [0.25, 0.3) is 5.91 Å². The number of nitrogens with one attached hydrogen (secondary N) is 1. The molecule has 1 aliphatic heterocycles. The van der Waals surface area contributed by atoms with Gasteiger partial charge in [0.05, 0.1) is 0 Å². The molecular weight excluding hydrogens is 298 g/mol. The summed E-state index contributed by atoms with van der Waals surface area (Å²) < 4.78 is 10.9.